The van der Waals surface area contributed by atoms with Gasteiger partial charge in [0.25, 0.3) is 5.91 Å². The second-order valence-electron chi connectivity index (χ2n) is 7.15. The second kappa shape index (κ2) is 7.44. The number of carbonyl (C=O) groups excluding carboxylic acids is 2. The molecule has 1 aromatic rings. The summed E-state index contributed by atoms with van der Waals surface area (Å²) in [7, 11) is 0. The minimum absolute atomic E-state index is 0.0285. The molecule has 1 amide bonds. The summed E-state index contributed by atoms with van der Waals surface area (Å²) in [5.74, 6) is -0.556. The Hall–Kier alpha value is -2.10. The molecule has 0 fully saturated rings. The fraction of sp³-hybridized carbons (Fsp3) is 0.474. The van der Waals surface area contributed by atoms with Gasteiger partial charge in [0.1, 0.15) is 6.04 Å². The number of benzene rings is 1. The molecule has 1 unspecified atom stereocenters. The molecule has 0 spiro atoms. The third kappa shape index (κ3) is 5.55. The van der Waals surface area contributed by atoms with E-state index in [9.17, 15) is 9.59 Å². The Bertz CT molecular complexity index is 580. The SMILES string of the molecule is C=C(C)OC(=O)C(NC(=O)c1ccc(C(C)(C)C)cc1)C(C)C. The van der Waals surface area contributed by atoms with Crippen LogP contribution in [0.2, 0.25) is 0 Å². The lowest BCUT2D eigenvalue weighted by Gasteiger charge is -2.21. The van der Waals surface area contributed by atoms with Crippen molar-refractivity contribution >= 4 is 11.9 Å². The molecule has 0 heterocycles. The van der Waals surface area contributed by atoms with Gasteiger partial charge >= 0.3 is 5.97 Å². The number of carbonyl (C=O) groups is 2. The number of ether oxygens (including phenoxy) is 1. The summed E-state index contributed by atoms with van der Waals surface area (Å²) in [4.78, 5) is 24.4. The Morgan fingerprint density at radius 1 is 1.13 bits per heavy atom. The van der Waals surface area contributed by atoms with E-state index in [0.717, 1.165) is 5.56 Å². The van der Waals surface area contributed by atoms with Crippen LogP contribution >= 0.6 is 0 Å². The van der Waals surface area contributed by atoms with Gasteiger partial charge < -0.3 is 10.1 Å². The first-order valence-electron chi connectivity index (χ1n) is 7.81. The van der Waals surface area contributed by atoms with Gasteiger partial charge in [-0.2, -0.15) is 0 Å². The fourth-order valence-electron chi connectivity index (χ4n) is 2.08. The molecule has 0 aliphatic rings. The quantitative estimate of drug-likeness (QED) is 0.663. The van der Waals surface area contributed by atoms with Crippen LogP contribution in [-0.2, 0) is 14.9 Å². The predicted octanol–water partition coefficient (Wildman–Crippen LogP) is 3.82. The van der Waals surface area contributed by atoms with Crippen molar-refractivity contribution in [1.29, 1.82) is 0 Å². The molecule has 0 saturated heterocycles. The number of esters is 1. The molecular weight excluding hydrogens is 290 g/mol. The van der Waals surface area contributed by atoms with Crippen molar-refractivity contribution in [3.8, 4) is 0 Å². The van der Waals surface area contributed by atoms with Crippen LogP contribution in [0.4, 0.5) is 0 Å². The molecule has 0 aliphatic carbocycles. The molecule has 1 N–H and O–H groups in total. The van der Waals surface area contributed by atoms with Crippen LogP contribution < -0.4 is 5.32 Å². The highest BCUT2D eigenvalue weighted by Gasteiger charge is 2.26. The number of rotatable bonds is 5. The van der Waals surface area contributed by atoms with E-state index in [1.807, 2.05) is 26.0 Å². The van der Waals surface area contributed by atoms with Crippen LogP contribution in [0.1, 0.15) is 57.5 Å². The van der Waals surface area contributed by atoms with Crippen LogP contribution in [0.15, 0.2) is 36.6 Å². The van der Waals surface area contributed by atoms with E-state index in [2.05, 4.69) is 32.7 Å². The van der Waals surface area contributed by atoms with Gasteiger partial charge in [-0.3, -0.25) is 4.79 Å². The van der Waals surface area contributed by atoms with E-state index in [0.29, 0.717) is 11.3 Å². The zero-order chi connectivity index (χ0) is 17.8. The van der Waals surface area contributed by atoms with E-state index in [4.69, 9.17) is 4.74 Å². The average molecular weight is 317 g/mol. The molecule has 0 aromatic heterocycles. The highest BCUT2D eigenvalue weighted by Crippen LogP contribution is 2.22. The Morgan fingerprint density at radius 2 is 1.65 bits per heavy atom. The van der Waals surface area contributed by atoms with E-state index in [1.54, 1.807) is 19.1 Å². The second-order valence-corrected chi connectivity index (χ2v) is 7.15. The summed E-state index contributed by atoms with van der Waals surface area (Å²) in [5, 5.41) is 2.74. The van der Waals surface area contributed by atoms with Crippen molar-refractivity contribution in [3.63, 3.8) is 0 Å². The highest BCUT2D eigenvalue weighted by molar-refractivity contribution is 5.97. The van der Waals surface area contributed by atoms with Gasteiger partial charge in [0.2, 0.25) is 0 Å². The lowest BCUT2D eigenvalue weighted by Crippen LogP contribution is -2.45. The van der Waals surface area contributed by atoms with E-state index in [-0.39, 0.29) is 17.2 Å². The number of hydrogen-bond acceptors (Lipinski definition) is 3. The molecule has 0 aliphatic heterocycles. The molecular formula is C19H27NO3. The Kier molecular flexibility index (Phi) is 6.13. The van der Waals surface area contributed by atoms with Crippen molar-refractivity contribution in [2.24, 2.45) is 5.92 Å². The summed E-state index contributed by atoms with van der Waals surface area (Å²) in [6, 6.07) is 6.72. The standard InChI is InChI=1S/C19H27NO3/c1-12(2)16(18(22)23-13(3)4)20-17(21)14-8-10-15(11-9-14)19(5,6)7/h8-12,16H,3H2,1-2,4-7H3,(H,20,21). The minimum atomic E-state index is -0.707. The maximum Gasteiger partial charge on any atom is 0.333 e. The molecule has 0 saturated carbocycles. The van der Waals surface area contributed by atoms with Gasteiger partial charge in [-0.25, -0.2) is 4.79 Å². The molecule has 1 rings (SSSR count). The Morgan fingerprint density at radius 3 is 2.04 bits per heavy atom. The zero-order valence-corrected chi connectivity index (χ0v) is 14.9. The molecule has 4 nitrogen and oxygen atoms in total. The van der Waals surface area contributed by atoms with Gasteiger partial charge in [-0.1, -0.05) is 53.3 Å². The predicted molar refractivity (Wildman–Crippen MR) is 92.1 cm³/mol. The van der Waals surface area contributed by atoms with Gasteiger partial charge in [0, 0.05) is 5.56 Å². The Balaban J connectivity index is 2.87. The first-order valence-corrected chi connectivity index (χ1v) is 7.81. The summed E-state index contributed by atoms with van der Waals surface area (Å²) in [6.07, 6.45) is 0. The van der Waals surface area contributed by atoms with Crippen LogP contribution in [0.5, 0.6) is 0 Å². The minimum Gasteiger partial charge on any atom is -0.430 e. The highest BCUT2D eigenvalue weighted by atomic mass is 16.5. The monoisotopic (exact) mass is 317 g/mol. The molecule has 4 heteroatoms. The molecule has 23 heavy (non-hydrogen) atoms. The van der Waals surface area contributed by atoms with Crippen molar-refractivity contribution in [3.05, 3.63) is 47.7 Å². The molecule has 0 radical (unpaired) electrons. The Labute approximate surface area is 138 Å². The van der Waals surface area contributed by atoms with Crippen molar-refractivity contribution in [2.75, 3.05) is 0 Å². The molecule has 126 valence electrons. The lowest BCUT2D eigenvalue weighted by molar-refractivity contribution is -0.142. The largest absolute Gasteiger partial charge is 0.430 e. The van der Waals surface area contributed by atoms with Crippen LogP contribution in [-0.4, -0.2) is 17.9 Å². The number of amides is 1. The lowest BCUT2D eigenvalue weighted by atomic mass is 9.86. The van der Waals surface area contributed by atoms with Crippen LogP contribution in [0.3, 0.4) is 0 Å². The van der Waals surface area contributed by atoms with Crippen LogP contribution in [0, 0.1) is 5.92 Å². The molecule has 1 aromatic carbocycles. The average Bonchev–Trinajstić information content (AvgIpc) is 2.42. The van der Waals surface area contributed by atoms with Crippen molar-refractivity contribution < 1.29 is 14.3 Å². The summed E-state index contributed by atoms with van der Waals surface area (Å²) in [6.45, 7) is 15.2. The first-order chi connectivity index (χ1) is 10.5. The molecule has 0 bridgehead atoms. The molecule has 1 atom stereocenters. The topological polar surface area (TPSA) is 55.4 Å². The third-order valence-corrected chi connectivity index (χ3v) is 3.50. The van der Waals surface area contributed by atoms with Gasteiger partial charge in [-0.15, -0.1) is 0 Å². The number of hydrogen-bond donors (Lipinski definition) is 1. The van der Waals surface area contributed by atoms with Crippen LogP contribution in [0.25, 0.3) is 0 Å². The van der Waals surface area contributed by atoms with E-state index >= 15 is 0 Å². The first kappa shape index (κ1) is 18.9. The van der Waals surface area contributed by atoms with Gasteiger partial charge in [-0.05, 0) is 36.0 Å². The smallest absolute Gasteiger partial charge is 0.333 e. The maximum absolute atomic E-state index is 12.4. The van der Waals surface area contributed by atoms with Crippen molar-refractivity contribution in [2.45, 2.75) is 53.0 Å². The third-order valence-electron chi connectivity index (χ3n) is 3.50. The van der Waals surface area contributed by atoms with E-state index in [1.165, 1.54) is 0 Å². The summed E-state index contributed by atoms with van der Waals surface area (Å²) in [5.41, 5.74) is 1.70. The number of nitrogens with one attached hydrogen (secondary N) is 1. The normalized spacial score (nSPS) is 12.7. The summed E-state index contributed by atoms with van der Waals surface area (Å²) < 4.78 is 5.03. The van der Waals surface area contributed by atoms with E-state index < -0.39 is 12.0 Å². The zero-order valence-electron chi connectivity index (χ0n) is 14.9. The fourth-order valence-corrected chi connectivity index (χ4v) is 2.08. The van der Waals surface area contributed by atoms with Gasteiger partial charge in [0.05, 0.1) is 5.76 Å². The number of allylic oxidation sites excluding steroid dienone is 1. The van der Waals surface area contributed by atoms with Gasteiger partial charge in [0.15, 0.2) is 0 Å². The maximum atomic E-state index is 12.4. The van der Waals surface area contributed by atoms with Crippen molar-refractivity contribution in [1.82, 2.24) is 5.32 Å². The summed E-state index contributed by atoms with van der Waals surface area (Å²) >= 11 is 0.